The molecule has 1 N–H and O–H groups in total. The second-order valence-electron chi connectivity index (χ2n) is 4.92. The van der Waals surface area contributed by atoms with Gasteiger partial charge in [-0.15, -0.1) is 0 Å². The highest BCUT2D eigenvalue weighted by molar-refractivity contribution is 5.85. The molecule has 0 saturated carbocycles. The molecule has 1 aromatic carbocycles. The van der Waals surface area contributed by atoms with Crippen LogP contribution in [0.4, 0.5) is 18.9 Å². The average molecular weight is 316 g/mol. The maximum Gasteiger partial charge on any atom is 0.416 e. The number of aliphatic hydroxyl groups excluding tert-OH is 1. The fourth-order valence-corrected chi connectivity index (χ4v) is 2.39. The summed E-state index contributed by atoms with van der Waals surface area (Å²) in [7, 11) is 0. The third-order valence-electron chi connectivity index (χ3n) is 3.59. The predicted octanol–water partition coefficient (Wildman–Crippen LogP) is 1.16. The van der Waals surface area contributed by atoms with Gasteiger partial charge in [-0.1, -0.05) is 0 Å². The Morgan fingerprint density at radius 2 is 1.86 bits per heavy atom. The molecule has 0 atom stereocenters. The largest absolute Gasteiger partial charge is 0.416 e. The lowest BCUT2D eigenvalue weighted by atomic mass is 10.1. The number of benzene rings is 1. The van der Waals surface area contributed by atoms with Gasteiger partial charge < -0.3 is 14.9 Å². The number of nitrogens with zero attached hydrogens (tertiary/aromatic N) is 2. The molecule has 0 radical (unpaired) electrons. The Labute approximate surface area is 124 Å². The van der Waals surface area contributed by atoms with Gasteiger partial charge >= 0.3 is 6.18 Å². The first-order chi connectivity index (χ1) is 10.4. The minimum Gasteiger partial charge on any atom is -0.387 e. The van der Waals surface area contributed by atoms with Crippen molar-refractivity contribution >= 4 is 17.9 Å². The molecule has 1 fully saturated rings. The van der Waals surface area contributed by atoms with Crippen LogP contribution in [0, 0.1) is 0 Å². The smallest absolute Gasteiger partial charge is 0.387 e. The fourth-order valence-electron chi connectivity index (χ4n) is 2.39. The van der Waals surface area contributed by atoms with E-state index < -0.39 is 24.3 Å². The lowest BCUT2D eigenvalue weighted by Gasteiger charge is -2.36. The van der Waals surface area contributed by atoms with Gasteiger partial charge in [0.1, 0.15) is 6.61 Å². The van der Waals surface area contributed by atoms with E-state index in [1.54, 1.807) is 4.90 Å². The van der Waals surface area contributed by atoms with Gasteiger partial charge in [-0.3, -0.25) is 9.59 Å². The van der Waals surface area contributed by atoms with E-state index in [1.165, 1.54) is 4.90 Å². The molecule has 1 aromatic rings. The van der Waals surface area contributed by atoms with Gasteiger partial charge in [0.05, 0.1) is 5.56 Å². The average Bonchev–Trinajstić information content (AvgIpc) is 2.52. The van der Waals surface area contributed by atoms with Crippen LogP contribution in [0.5, 0.6) is 0 Å². The summed E-state index contributed by atoms with van der Waals surface area (Å²) in [6, 6.07) is 2.97. The standard InChI is InChI=1S/C14H15F3N2O3/c15-14(16,17)11-2-1-10(8-20)12(7-11)18-3-5-19(6-4-18)13(22)9-21/h1-2,7-8,21H,3-6,9H2. The Morgan fingerprint density at radius 1 is 1.23 bits per heavy atom. The highest BCUT2D eigenvalue weighted by atomic mass is 19.4. The van der Waals surface area contributed by atoms with E-state index in [0.29, 0.717) is 19.4 Å². The van der Waals surface area contributed by atoms with Crippen molar-refractivity contribution in [2.45, 2.75) is 6.18 Å². The Balaban J connectivity index is 2.22. The molecular weight excluding hydrogens is 301 g/mol. The van der Waals surface area contributed by atoms with Gasteiger partial charge in [0.25, 0.3) is 0 Å². The summed E-state index contributed by atoms with van der Waals surface area (Å²) >= 11 is 0. The maximum absolute atomic E-state index is 12.8. The molecular formula is C14H15F3N2O3. The number of alkyl halides is 3. The first-order valence-corrected chi connectivity index (χ1v) is 6.67. The molecule has 5 nitrogen and oxygen atoms in total. The molecule has 1 saturated heterocycles. The number of hydrogen-bond donors (Lipinski definition) is 1. The summed E-state index contributed by atoms with van der Waals surface area (Å²) < 4.78 is 38.4. The van der Waals surface area contributed by atoms with Crippen LogP contribution in [-0.4, -0.2) is 55.0 Å². The molecule has 1 aliphatic heterocycles. The van der Waals surface area contributed by atoms with Crippen molar-refractivity contribution in [2.75, 3.05) is 37.7 Å². The summed E-state index contributed by atoms with van der Waals surface area (Å²) in [5.41, 5.74) is -0.433. The summed E-state index contributed by atoms with van der Waals surface area (Å²) in [6.45, 7) is 0.576. The Bertz CT molecular complexity index is 567. The Kier molecular flexibility index (Phi) is 4.70. The van der Waals surface area contributed by atoms with Gasteiger partial charge in [-0.05, 0) is 18.2 Å². The number of piperazine rings is 1. The molecule has 120 valence electrons. The first-order valence-electron chi connectivity index (χ1n) is 6.67. The second-order valence-corrected chi connectivity index (χ2v) is 4.92. The van der Waals surface area contributed by atoms with Crippen molar-refractivity contribution in [3.05, 3.63) is 29.3 Å². The highest BCUT2D eigenvalue weighted by Gasteiger charge is 2.32. The van der Waals surface area contributed by atoms with Gasteiger partial charge in [0.2, 0.25) is 5.91 Å². The molecule has 1 amide bonds. The molecule has 8 heteroatoms. The molecule has 0 aromatic heterocycles. The minimum absolute atomic E-state index is 0.176. The van der Waals surface area contributed by atoms with Crippen molar-refractivity contribution in [3.8, 4) is 0 Å². The lowest BCUT2D eigenvalue weighted by molar-refractivity contribution is -0.137. The summed E-state index contributed by atoms with van der Waals surface area (Å²) in [6.07, 6.45) is -3.97. The minimum atomic E-state index is -4.48. The van der Waals surface area contributed by atoms with Crippen molar-refractivity contribution in [1.29, 1.82) is 0 Å². The summed E-state index contributed by atoms with van der Waals surface area (Å²) in [4.78, 5) is 25.5. The van der Waals surface area contributed by atoms with E-state index in [4.69, 9.17) is 5.11 Å². The van der Waals surface area contributed by atoms with Crippen molar-refractivity contribution < 1.29 is 27.9 Å². The number of aliphatic hydroxyl groups is 1. The van der Waals surface area contributed by atoms with E-state index in [0.717, 1.165) is 18.2 Å². The fraction of sp³-hybridized carbons (Fsp3) is 0.429. The van der Waals surface area contributed by atoms with Gasteiger partial charge in [-0.2, -0.15) is 13.2 Å². The zero-order chi connectivity index (χ0) is 16.3. The van der Waals surface area contributed by atoms with Gasteiger partial charge in [0.15, 0.2) is 6.29 Å². The zero-order valence-corrected chi connectivity index (χ0v) is 11.6. The zero-order valence-electron chi connectivity index (χ0n) is 11.6. The number of aldehydes is 1. The monoisotopic (exact) mass is 316 g/mol. The molecule has 0 aliphatic carbocycles. The van der Waals surface area contributed by atoms with Crippen molar-refractivity contribution in [2.24, 2.45) is 0 Å². The van der Waals surface area contributed by atoms with Crippen molar-refractivity contribution in [1.82, 2.24) is 4.90 Å². The van der Waals surface area contributed by atoms with E-state index in [9.17, 15) is 22.8 Å². The number of anilines is 1. The number of halogens is 3. The van der Waals surface area contributed by atoms with E-state index in [-0.39, 0.29) is 24.3 Å². The normalized spacial score (nSPS) is 15.8. The molecule has 0 bridgehead atoms. The SMILES string of the molecule is O=Cc1ccc(C(F)(F)F)cc1N1CCN(C(=O)CO)CC1. The van der Waals surface area contributed by atoms with Crippen LogP contribution >= 0.6 is 0 Å². The van der Waals surface area contributed by atoms with Crippen LogP contribution in [-0.2, 0) is 11.0 Å². The first kappa shape index (κ1) is 16.3. The van der Waals surface area contributed by atoms with E-state index in [2.05, 4.69) is 0 Å². The Morgan fingerprint density at radius 3 is 2.36 bits per heavy atom. The summed E-state index contributed by atoms with van der Waals surface area (Å²) in [5.74, 6) is -0.417. The topological polar surface area (TPSA) is 60.9 Å². The third-order valence-corrected chi connectivity index (χ3v) is 3.59. The van der Waals surface area contributed by atoms with Gasteiger partial charge in [0, 0.05) is 37.4 Å². The molecule has 0 spiro atoms. The van der Waals surface area contributed by atoms with Crippen LogP contribution in [0.25, 0.3) is 0 Å². The van der Waals surface area contributed by atoms with Crippen LogP contribution in [0.1, 0.15) is 15.9 Å². The Hall–Kier alpha value is -2.09. The molecule has 0 unspecified atom stereocenters. The lowest BCUT2D eigenvalue weighted by Crippen LogP contribution is -2.49. The highest BCUT2D eigenvalue weighted by Crippen LogP contribution is 2.33. The maximum atomic E-state index is 12.8. The van der Waals surface area contributed by atoms with Crippen LogP contribution in [0.3, 0.4) is 0 Å². The molecule has 2 rings (SSSR count). The molecule has 1 heterocycles. The van der Waals surface area contributed by atoms with Crippen molar-refractivity contribution in [3.63, 3.8) is 0 Å². The van der Waals surface area contributed by atoms with Crippen LogP contribution in [0.2, 0.25) is 0 Å². The molecule has 1 aliphatic rings. The van der Waals surface area contributed by atoms with Crippen LogP contribution in [0.15, 0.2) is 18.2 Å². The number of rotatable bonds is 3. The third kappa shape index (κ3) is 3.38. The number of hydrogen-bond acceptors (Lipinski definition) is 4. The number of carbonyl (C=O) groups is 2. The van der Waals surface area contributed by atoms with E-state index >= 15 is 0 Å². The van der Waals surface area contributed by atoms with Crippen LogP contribution < -0.4 is 4.90 Å². The number of carbonyl (C=O) groups excluding carboxylic acids is 2. The predicted molar refractivity (Wildman–Crippen MR) is 72.7 cm³/mol. The quantitative estimate of drug-likeness (QED) is 0.850. The van der Waals surface area contributed by atoms with E-state index in [1.807, 2.05) is 0 Å². The van der Waals surface area contributed by atoms with Gasteiger partial charge in [-0.25, -0.2) is 0 Å². The molecule has 22 heavy (non-hydrogen) atoms. The second kappa shape index (κ2) is 6.35. The summed E-state index contributed by atoms with van der Waals surface area (Å²) in [5, 5.41) is 8.80. The number of amides is 1.